The largest absolute Gasteiger partial charge is 0.389 e. The summed E-state index contributed by atoms with van der Waals surface area (Å²) < 4.78 is 9.59. The van der Waals surface area contributed by atoms with Crippen molar-refractivity contribution in [1.82, 2.24) is 0 Å². The molecule has 0 saturated carbocycles. The van der Waals surface area contributed by atoms with Crippen LogP contribution in [-0.4, -0.2) is 60.9 Å². The summed E-state index contributed by atoms with van der Waals surface area (Å²) in [6, 6.07) is -0.306. The summed E-state index contributed by atoms with van der Waals surface area (Å²) >= 11 is 0. The maximum Gasteiger partial charge on any atom is 0.0946 e. The van der Waals surface area contributed by atoms with E-state index in [9.17, 15) is 0 Å². The first kappa shape index (κ1) is 11.8. The van der Waals surface area contributed by atoms with Crippen LogP contribution in [0.1, 0.15) is 0 Å². The van der Waals surface area contributed by atoms with E-state index in [0.29, 0.717) is 26.4 Å². The molecular formula is C8H18N2O4. The summed E-state index contributed by atoms with van der Waals surface area (Å²) in [4.78, 5) is 0. The molecule has 0 bridgehead atoms. The fourth-order valence-corrected chi connectivity index (χ4v) is 1.12. The summed E-state index contributed by atoms with van der Waals surface area (Å²) in [5.41, 5.74) is 10.6. The lowest BCUT2D eigenvalue weighted by molar-refractivity contribution is 0.125. The highest BCUT2D eigenvalue weighted by Gasteiger charge is 2.21. The number of ether oxygens (including phenoxy) is 2. The highest BCUT2D eigenvalue weighted by atomic mass is 16.5. The molecule has 2 heterocycles. The highest BCUT2D eigenvalue weighted by molar-refractivity contribution is 4.76. The second kappa shape index (κ2) is 5.59. The summed E-state index contributed by atoms with van der Waals surface area (Å²) in [6.07, 6.45) is -0.861. The minimum absolute atomic E-state index is 0.153. The summed E-state index contributed by atoms with van der Waals surface area (Å²) in [5, 5.41) is 17.5. The number of aliphatic hydroxyl groups excluding tert-OH is 2. The van der Waals surface area contributed by atoms with Crippen LogP contribution in [0.4, 0.5) is 0 Å². The van der Waals surface area contributed by atoms with Crippen molar-refractivity contribution >= 4 is 0 Å². The second-order valence-corrected chi connectivity index (χ2v) is 3.54. The van der Waals surface area contributed by atoms with Gasteiger partial charge in [0.15, 0.2) is 0 Å². The number of hydrogen-bond donors (Lipinski definition) is 4. The minimum Gasteiger partial charge on any atom is -0.389 e. The topological polar surface area (TPSA) is 111 Å². The molecule has 0 spiro atoms. The Morgan fingerprint density at radius 1 is 0.786 bits per heavy atom. The fraction of sp³-hybridized carbons (Fsp3) is 1.00. The SMILES string of the molecule is N[C@@H]1COC[C@H]1O.N[C@H]1COC[C@@H]1O. The summed E-state index contributed by atoms with van der Waals surface area (Å²) in [5.74, 6) is 0. The molecule has 2 aliphatic rings. The van der Waals surface area contributed by atoms with Crippen LogP contribution >= 0.6 is 0 Å². The molecule has 6 heteroatoms. The maximum absolute atomic E-state index is 8.75. The van der Waals surface area contributed by atoms with E-state index >= 15 is 0 Å². The first-order valence-electron chi connectivity index (χ1n) is 4.64. The number of hydrogen-bond acceptors (Lipinski definition) is 6. The van der Waals surface area contributed by atoms with Crippen LogP contribution in [0.5, 0.6) is 0 Å². The molecule has 2 aliphatic heterocycles. The predicted octanol–water partition coefficient (Wildman–Crippen LogP) is -2.59. The molecule has 6 nitrogen and oxygen atoms in total. The zero-order valence-electron chi connectivity index (χ0n) is 8.00. The summed E-state index contributed by atoms with van der Waals surface area (Å²) in [6.45, 7) is 1.81. The molecule has 0 aromatic carbocycles. The van der Waals surface area contributed by atoms with Gasteiger partial charge in [0, 0.05) is 0 Å². The molecule has 0 aromatic rings. The van der Waals surface area contributed by atoms with Gasteiger partial charge in [-0.05, 0) is 0 Å². The van der Waals surface area contributed by atoms with Gasteiger partial charge in [-0.2, -0.15) is 0 Å². The van der Waals surface area contributed by atoms with Crippen molar-refractivity contribution in [3.63, 3.8) is 0 Å². The van der Waals surface area contributed by atoms with E-state index in [0.717, 1.165) is 0 Å². The van der Waals surface area contributed by atoms with Crippen molar-refractivity contribution in [2.24, 2.45) is 11.5 Å². The van der Waals surface area contributed by atoms with Gasteiger partial charge in [-0.15, -0.1) is 0 Å². The van der Waals surface area contributed by atoms with Gasteiger partial charge in [-0.3, -0.25) is 0 Å². The molecule has 6 N–H and O–H groups in total. The van der Waals surface area contributed by atoms with Gasteiger partial charge in [-0.1, -0.05) is 0 Å². The van der Waals surface area contributed by atoms with Gasteiger partial charge in [0.05, 0.1) is 50.7 Å². The molecular weight excluding hydrogens is 188 g/mol. The van der Waals surface area contributed by atoms with Gasteiger partial charge < -0.3 is 31.2 Å². The molecule has 2 fully saturated rings. The van der Waals surface area contributed by atoms with Crippen molar-refractivity contribution in [2.45, 2.75) is 24.3 Å². The van der Waals surface area contributed by atoms with Crippen LogP contribution in [0, 0.1) is 0 Å². The smallest absolute Gasteiger partial charge is 0.0946 e. The Kier molecular flexibility index (Phi) is 4.73. The normalized spacial score (nSPS) is 42.0. The van der Waals surface area contributed by atoms with Gasteiger partial charge in [0.1, 0.15) is 0 Å². The quantitative estimate of drug-likeness (QED) is 0.346. The van der Waals surface area contributed by atoms with E-state index in [2.05, 4.69) is 0 Å². The molecule has 4 atom stereocenters. The molecule has 0 aromatic heterocycles. The molecule has 0 amide bonds. The van der Waals surface area contributed by atoms with Crippen LogP contribution in [0.25, 0.3) is 0 Å². The monoisotopic (exact) mass is 206 g/mol. The van der Waals surface area contributed by atoms with Gasteiger partial charge in [0.2, 0.25) is 0 Å². The minimum atomic E-state index is -0.431. The lowest BCUT2D eigenvalue weighted by atomic mass is 10.2. The van der Waals surface area contributed by atoms with E-state index in [1.54, 1.807) is 0 Å². The first-order valence-corrected chi connectivity index (χ1v) is 4.64. The van der Waals surface area contributed by atoms with E-state index in [1.807, 2.05) is 0 Å². The number of aliphatic hydroxyl groups is 2. The Bertz CT molecular complexity index is 135. The average molecular weight is 206 g/mol. The summed E-state index contributed by atoms with van der Waals surface area (Å²) in [7, 11) is 0. The lowest BCUT2D eigenvalue weighted by Gasteiger charge is -2.01. The first-order chi connectivity index (χ1) is 6.61. The molecule has 0 radical (unpaired) electrons. The van der Waals surface area contributed by atoms with Crippen molar-refractivity contribution < 1.29 is 19.7 Å². The number of rotatable bonds is 0. The van der Waals surface area contributed by atoms with Crippen molar-refractivity contribution in [3.8, 4) is 0 Å². The van der Waals surface area contributed by atoms with Crippen LogP contribution in [-0.2, 0) is 9.47 Å². The third-order valence-corrected chi connectivity index (χ3v) is 2.19. The maximum atomic E-state index is 8.75. The average Bonchev–Trinajstić information content (AvgIpc) is 2.67. The Hall–Kier alpha value is -0.240. The Morgan fingerprint density at radius 3 is 1.21 bits per heavy atom. The van der Waals surface area contributed by atoms with E-state index in [1.165, 1.54) is 0 Å². The van der Waals surface area contributed by atoms with Gasteiger partial charge >= 0.3 is 0 Å². The van der Waals surface area contributed by atoms with Crippen LogP contribution in [0.3, 0.4) is 0 Å². The van der Waals surface area contributed by atoms with Gasteiger partial charge in [0.25, 0.3) is 0 Å². The fourth-order valence-electron chi connectivity index (χ4n) is 1.12. The van der Waals surface area contributed by atoms with Crippen molar-refractivity contribution in [1.29, 1.82) is 0 Å². The van der Waals surface area contributed by atoms with E-state index in [-0.39, 0.29) is 12.1 Å². The van der Waals surface area contributed by atoms with Crippen LogP contribution in [0.15, 0.2) is 0 Å². The second-order valence-electron chi connectivity index (χ2n) is 3.54. The van der Waals surface area contributed by atoms with Crippen LogP contribution < -0.4 is 11.5 Å². The lowest BCUT2D eigenvalue weighted by Crippen LogP contribution is -2.32. The predicted molar refractivity (Wildman–Crippen MR) is 49.6 cm³/mol. The number of nitrogens with two attached hydrogens (primary N) is 2. The zero-order chi connectivity index (χ0) is 10.6. The van der Waals surface area contributed by atoms with Crippen molar-refractivity contribution in [3.05, 3.63) is 0 Å². The Labute approximate surface area is 82.8 Å². The molecule has 2 saturated heterocycles. The third kappa shape index (κ3) is 3.49. The standard InChI is InChI=1S/2C4H9NO2/c2*5-3-1-7-2-4(3)6/h2*3-4,6H,1-2,5H2/t2*3-,4-/m10/s1. The van der Waals surface area contributed by atoms with Crippen molar-refractivity contribution in [2.75, 3.05) is 26.4 Å². The molecule has 2 rings (SSSR count). The van der Waals surface area contributed by atoms with Gasteiger partial charge in [-0.25, -0.2) is 0 Å². The van der Waals surface area contributed by atoms with E-state index < -0.39 is 12.2 Å². The zero-order valence-corrected chi connectivity index (χ0v) is 8.00. The molecule has 84 valence electrons. The Morgan fingerprint density at radius 2 is 1.14 bits per heavy atom. The van der Waals surface area contributed by atoms with E-state index in [4.69, 9.17) is 31.2 Å². The van der Waals surface area contributed by atoms with Crippen LogP contribution in [0.2, 0.25) is 0 Å². The Balaban J connectivity index is 0.000000140. The molecule has 14 heavy (non-hydrogen) atoms. The molecule has 0 unspecified atom stereocenters. The highest BCUT2D eigenvalue weighted by Crippen LogP contribution is 2.00. The third-order valence-electron chi connectivity index (χ3n) is 2.19. The molecule has 0 aliphatic carbocycles.